The summed E-state index contributed by atoms with van der Waals surface area (Å²) in [6, 6.07) is 9.73. The first-order valence-electron chi connectivity index (χ1n) is 7.68. The van der Waals surface area contributed by atoms with Crippen LogP contribution in [0.25, 0.3) is 6.08 Å². The monoisotopic (exact) mass is 409 g/mol. The Kier molecular flexibility index (Phi) is 4.35. The van der Waals surface area contributed by atoms with Gasteiger partial charge in [-0.15, -0.1) is 0 Å². The Morgan fingerprint density at radius 3 is 2.67 bits per heavy atom. The number of nitrogens with zero attached hydrogens (tertiary/aromatic N) is 1. The Labute approximate surface area is 161 Å². The minimum Gasteiger partial charge on any atom is -0.454 e. The lowest BCUT2D eigenvalue weighted by atomic mass is 10.1. The molecule has 1 fully saturated rings. The van der Waals surface area contributed by atoms with Crippen molar-refractivity contribution in [3.63, 3.8) is 0 Å². The second-order valence-corrected chi connectivity index (χ2v) is 7.35. The van der Waals surface area contributed by atoms with Crippen molar-refractivity contribution < 1.29 is 27.4 Å². The molecule has 2 aromatic carbocycles. The Balaban J connectivity index is 1.65. The molecular formula is C18H10F3NO3S2. The maximum Gasteiger partial charge on any atom is 0.416 e. The standard InChI is InChI=1S/C18H10F3NO3S2/c19-18(20,21)11-2-1-3-12(8-11)22-16(23)15(27-17(22)26)7-10-4-5-13-14(6-10)25-9-24-13/h1-8H,9H2. The lowest BCUT2D eigenvalue weighted by Gasteiger charge is -2.16. The van der Waals surface area contributed by atoms with E-state index in [2.05, 4.69) is 0 Å². The lowest BCUT2D eigenvalue weighted by molar-refractivity contribution is -0.137. The highest BCUT2D eigenvalue weighted by atomic mass is 32.2. The van der Waals surface area contributed by atoms with Gasteiger partial charge in [0.25, 0.3) is 5.91 Å². The van der Waals surface area contributed by atoms with Gasteiger partial charge in [-0.3, -0.25) is 9.69 Å². The number of hydrogen-bond acceptors (Lipinski definition) is 5. The van der Waals surface area contributed by atoms with E-state index >= 15 is 0 Å². The van der Waals surface area contributed by atoms with Crippen molar-refractivity contribution in [1.29, 1.82) is 0 Å². The van der Waals surface area contributed by atoms with E-state index in [1.807, 2.05) is 0 Å². The normalized spacial score (nSPS) is 17.9. The van der Waals surface area contributed by atoms with Gasteiger partial charge < -0.3 is 9.47 Å². The number of anilines is 1. The number of hydrogen-bond donors (Lipinski definition) is 0. The van der Waals surface area contributed by atoms with Crippen molar-refractivity contribution in [3.8, 4) is 11.5 Å². The summed E-state index contributed by atoms with van der Waals surface area (Å²) in [5.74, 6) is 0.711. The fraction of sp³-hybridized carbons (Fsp3) is 0.111. The van der Waals surface area contributed by atoms with E-state index in [1.165, 1.54) is 12.1 Å². The number of amides is 1. The van der Waals surface area contributed by atoms with Gasteiger partial charge in [-0.25, -0.2) is 0 Å². The van der Waals surface area contributed by atoms with Crippen LogP contribution in [0.2, 0.25) is 0 Å². The second kappa shape index (κ2) is 6.58. The number of benzene rings is 2. The van der Waals surface area contributed by atoms with Crippen LogP contribution in [0.1, 0.15) is 11.1 Å². The Morgan fingerprint density at radius 2 is 1.89 bits per heavy atom. The average Bonchev–Trinajstić information content (AvgIpc) is 3.18. The third-order valence-corrected chi connectivity index (χ3v) is 5.22. The zero-order chi connectivity index (χ0) is 19.2. The first kappa shape index (κ1) is 17.9. The van der Waals surface area contributed by atoms with Crippen LogP contribution >= 0.6 is 24.0 Å². The largest absolute Gasteiger partial charge is 0.454 e. The number of carbonyl (C=O) groups excluding carboxylic acids is 1. The van der Waals surface area contributed by atoms with Crippen LogP contribution < -0.4 is 14.4 Å². The maximum atomic E-state index is 12.9. The van der Waals surface area contributed by atoms with Crippen molar-refractivity contribution in [2.24, 2.45) is 0 Å². The number of carbonyl (C=O) groups is 1. The molecule has 0 saturated carbocycles. The van der Waals surface area contributed by atoms with Crippen molar-refractivity contribution >= 4 is 46.0 Å². The fourth-order valence-corrected chi connectivity index (χ4v) is 3.96. The van der Waals surface area contributed by atoms with E-state index in [-0.39, 0.29) is 16.8 Å². The molecule has 0 aliphatic carbocycles. The maximum absolute atomic E-state index is 12.9. The molecule has 4 rings (SSSR count). The number of ether oxygens (including phenoxy) is 2. The van der Waals surface area contributed by atoms with Crippen LogP contribution in [0.3, 0.4) is 0 Å². The first-order chi connectivity index (χ1) is 12.8. The minimum atomic E-state index is -4.50. The Bertz CT molecular complexity index is 988. The Morgan fingerprint density at radius 1 is 1.11 bits per heavy atom. The van der Waals surface area contributed by atoms with Gasteiger partial charge in [-0.05, 0) is 42.0 Å². The molecule has 0 aromatic heterocycles. The summed E-state index contributed by atoms with van der Waals surface area (Å²) in [4.78, 5) is 14.1. The molecule has 1 amide bonds. The van der Waals surface area contributed by atoms with Crippen LogP contribution in [0.5, 0.6) is 11.5 Å². The van der Waals surface area contributed by atoms with Crippen LogP contribution in [0, 0.1) is 0 Å². The van der Waals surface area contributed by atoms with Crippen molar-refractivity contribution in [2.75, 3.05) is 11.7 Å². The smallest absolute Gasteiger partial charge is 0.416 e. The molecule has 0 bridgehead atoms. The highest BCUT2D eigenvalue weighted by molar-refractivity contribution is 8.27. The zero-order valence-corrected chi connectivity index (χ0v) is 15.1. The van der Waals surface area contributed by atoms with Gasteiger partial charge in [0.05, 0.1) is 16.2 Å². The summed E-state index contributed by atoms with van der Waals surface area (Å²) in [6.45, 7) is 0.135. The van der Waals surface area contributed by atoms with Crippen LogP contribution in [0.15, 0.2) is 47.4 Å². The fourth-order valence-electron chi connectivity index (χ4n) is 2.67. The number of thiocarbonyl (C=S) groups is 1. The van der Waals surface area contributed by atoms with E-state index in [0.29, 0.717) is 22.0 Å². The van der Waals surface area contributed by atoms with Gasteiger partial charge in [0.1, 0.15) is 0 Å². The summed E-state index contributed by atoms with van der Waals surface area (Å²) >= 11 is 6.24. The molecular weight excluding hydrogens is 399 g/mol. The molecule has 2 heterocycles. The molecule has 2 aromatic rings. The van der Waals surface area contributed by atoms with E-state index in [9.17, 15) is 18.0 Å². The molecule has 0 atom stereocenters. The van der Waals surface area contributed by atoms with Crippen LogP contribution in [-0.2, 0) is 11.0 Å². The molecule has 4 nitrogen and oxygen atoms in total. The predicted octanol–water partition coefficient (Wildman–Crippen LogP) is 4.84. The van der Waals surface area contributed by atoms with Crippen molar-refractivity contribution in [3.05, 3.63) is 58.5 Å². The molecule has 2 aliphatic heterocycles. The number of rotatable bonds is 2. The molecule has 138 valence electrons. The quantitative estimate of drug-likeness (QED) is 0.524. The third kappa shape index (κ3) is 3.40. The van der Waals surface area contributed by atoms with Gasteiger partial charge in [-0.1, -0.05) is 36.1 Å². The van der Waals surface area contributed by atoms with E-state index in [0.717, 1.165) is 28.8 Å². The molecule has 27 heavy (non-hydrogen) atoms. The van der Waals surface area contributed by atoms with E-state index < -0.39 is 17.6 Å². The number of halogens is 3. The average molecular weight is 409 g/mol. The summed E-state index contributed by atoms with van der Waals surface area (Å²) in [5, 5.41) is 0. The topological polar surface area (TPSA) is 38.8 Å². The van der Waals surface area contributed by atoms with Crippen molar-refractivity contribution in [2.45, 2.75) is 6.18 Å². The summed E-state index contributed by atoms with van der Waals surface area (Å²) in [6.07, 6.45) is -2.88. The van der Waals surface area contributed by atoms with Crippen molar-refractivity contribution in [1.82, 2.24) is 0 Å². The molecule has 0 N–H and O–H groups in total. The summed E-state index contributed by atoms with van der Waals surface area (Å²) in [5.41, 5.74) is -0.0565. The van der Waals surface area contributed by atoms with E-state index in [4.69, 9.17) is 21.7 Å². The molecule has 2 aliphatic rings. The van der Waals surface area contributed by atoms with Gasteiger partial charge in [-0.2, -0.15) is 13.2 Å². The van der Waals surface area contributed by atoms with E-state index in [1.54, 1.807) is 24.3 Å². The highest BCUT2D eigenvalue weighted by Crippen LogP contribution is 2.39. The molecule has 1 saturated heterocycles. The third-order valence-electron chi connectivity index (χ3n) is 3.92. The SMILES string of the molecule is O=C1C(=Cc2ccc3c(c2)OCO3)SC(=S)N1c1cccc(C(F)(F)F)c1. The first-order valence-corrected chi connectivity index (χ1v) is 8.90. The highest BCUT2D eigenvalue weighted by Gasteiger charge is 2.36. The van der Waals surface area contributed by atoms with Gasteiger partial charge >= 0.3 is 6.18 Å². The lowest BCUT2D eigenvalue weighted by Crippen LogP contribution is -2.27. The predicted molar refractivity (Wildman–Crippen MR) is 99.7 cm³/mol. The minimum absolute atomic E-state index is 0.0846. The van der Waals surface area contributed by atoms with Gasteiger partial charge in [0, 0.05) is 0 Å². The number of alkyl halides is 3. The molecule has 0 unspecified atom stereocenters. The van der Waals surface area contributed by atoms with Crippen LogP contribution in [-0.4, -0.2) is 17.0 Å². The van der Waals surface area contributed by atoms with Gasteiger partial charge in [0.2, 0.25) is 6.79 Å². The molecule has 0 spiro atoms. The number of thioether (sulfide) groups is 1. The summed E-state index contributed by atoms with van der Waals surface area (Å²) in [7, 11) is 0. The molecule has 0 radical (unpaired) electrons. The molecule has 9 heteroatoms. The summed E-state index contributed by atoms with van der Waals surface area (Å²) < 4.78 is 49.6. The van der Waals surface area contributed by atoms with Gasteiger partial charge in [0.15, 0.2) is 15.8 Å². The number of fused-ring (bicyclic) bond motifs is 1. The Hall–Kier alpha value is -2.52. The second-order valence-electron chi connectivity index (χ2n) is 5.68. The zero-order valence-electron chi connectivity index (χ0n) is 13.4. The van der Waals surface area contributed by atoms with Crippen LogP contribution in [0.4, 0.5) is 18.9 Å².